The first-order valence-corrected chi connectivity index (χ1v) is 4.60. The second-order valence-electron chi connectivity index (χ2n) is 2.16. The molecule has 0 spiro atoms. The van der Waals surface area contributed by atoms with E-state index in [0.29, 0.717) is 5.56 Å². The lowest BCUT2D eigenvalue weighted by molar-refractivity contribution is -0.378. The molecule has 0 unspecified atom stereocenters. The quantitative estimate of drug-likeness (QED) is 0.663. The van der Waals surface area contributed by atoms with Crippen LogP contribution in [0.2, 0.25) is 0 Å². The zero-order chi connectivity index (χ0) is 8.97. The molecule has 0 atom stereocenters. The van der Waals surface area contributed by atoms with Crippen molar-refractivity contribution in [3.8, 4) is 0 Å². The smallest absolute Gasteiger partial charge is 0.342 e. The lowest BCUT2D eigenvalue weighted by Gasteiger charge is -1.98. The van der Waals surface area contributed by atoms with E-state index in [0.717, 1.165) is 10.6 Å². The largest absolute Gasteiger partial charge is 1.00 e. The number of aromatic nitrogens is 1. The van der Waals surface area contributed by atoms with Crippen LogP contribution in [0.1, 0.15) is 17.3 Å². The molecule has 0 bridgehead atoms. The van der Waals surface area contributed by atoms with Gasteiger partial charge in [-0.25, -0.2) is 9.78 Å². The summed E-state index contributed by atoms with van der Waals surface area (Å²) in [5.74, 6) is -0.00704. The molecule has 1 heterocycles. The molecule has 1 rings (SSSR count). The fraction of sp³-hybridized carbons (Fsp3) is 0.250. The fourth-order valence-corrected chi connectivity index (χ4v) is 1.64. The number of hydrogen-bond acceptors (Lipinski definition) is 2. The van der Waals surface area contributed by atoms with Gasteiger partial charge in [0.25, 0.3) is 0 Å². The minimum atomic E-state index is -0.886. The number of nitrogens with one attached hydrogen (secondary N) is 1. The summed E-state index contributed by atoms with van der Waals surface area (Å²) >= 11 is 1.53. The third kappa shape index (κ3) is 3.36. The molecule has 0 fully saturated rings. The van der Waals surface area contributed by atoms with Crippen molar-refractivity contribution in [1.82, 2.24) is 0 Å². The Hall–Kier alpha value is -0.550. The number of carboxylic acid groups (broad SMARTS) is 1. The minimum absolute atomic E-state index is 0. The van der Waals surface area contributed by atoms with Crippen LogP contribution >= 0.6 is 11.8 Å². The maximum atomic E-state index is 10.7. The van der Waals surface area contributed by atoms with Crippen LogP contribution in [0.25, 0.3) is 0 Å². The normalized spacial score (nSPS) is 9.00. The molecule has 5 heteroatoms. The zero-order valence-electron chi connectivity index (χ0n) is 7.08. The van der Waals surface area contributed by atoms with Crippen LogP contribution in [0.3, 0.4) is 0 Å². The lowest BCUT2D eigenvalue weighted by atomic mass is 10.3. The maximum absolute atomic E-state index is 10.7. The van der Waals surface area contributed by atoms with Gasteiger partial charge in [0.1, 0.15) is 5.56 Å². The van der Waals surface area contributed by atoms with Crippen LogP contribution in [0, 0.1) is 0 Å². The third-order valence-corrected chi connectivity index (χ3v) is 2.31. The van der Waals surface area contributed by atoms with Crippen LogP contribution in [0.5, 0.6) is 0 Å². The van der Waals surface area contributed by atoms with Gasteiger partial charge in [-0.3, -0.25) is 0 Å². The van der Waals surface area contributed by atoms with Gasteiger partial charge in [-0.05, 0) is 5.75 Å². The molecule has 13 heavy (non-hydrogen) atoms. The average Bonchev–Trinajstić information content (AvgIpc) is 2.05. The molecule has 72 valence electrons. The van der Waals surface area contributed by atoms with E-state index >= 15 is 0 Å². The van der Waals surface area contributed by atoms with E-state index in [9.17, 15) is 4.79 Å². The second kappa shape index (κ2) is 5.99. The number of carbonyl (C=O) groups is 1. The SMILES string of the molecule is CCSc1cc[nH+]cc1C(=O)O.[Br-]. The van der Waals surface area contributed by atoms with E-state index in [2.05, 4.69) is 4.98 Å². The van der Waals surface area contributed by atoms with E-state index in [1.54, 1.807) is 12.3 Å². The van der Waals surface area contributed by atoms with Gasteiger partial charge >= 0.3 is 5.97 Å². The summed E-state index contributed by atoms with van der Waals surface area (Å²) < 4.78 is 0. The predicted molar refractivity (Wildman–Crippen MR) is 46.4 cm³/mol. The summed E-state index contributed by atoms with van der Waals surface area (Å²) in [6, 6.07) is 1.78. The molecule has 0 amide bonds. The van der Waals surface area contributed by atoms with E-state index in [1.807, 2.05) is 6.92 Å². The summed E-state index contributed by atoms with van der Waals surface area (Å²) in [6.45, 7) is 1.99. The number of H-pyrrole nitrogens is 1. The van der Waals surface area contributed by atoms with E-state index in [-0.39, 0.29) is 17.0 Å². The van der Waals surface area contributed by atoms with Crippen molar-refractivity contribution < 1.29 is 31.9 Å². The number of rotatable bonds is 3. The highest BCUT2D eigenvalue weighted by Crippen LogP contribution is 2.20. The van der Waals surface area contributed by atoms with E-state index in [4.69, 9.17) is 5.11 Å². The molecule has 3 nitrogen and oxygen atoms in total. The molecule has 0 aliphatic rings. The summed E-state index contributed by atoms with van der Waals surface area (Å²) in [4.78, 5) is 14.2. The molecule has 1 aromatic rings. The lowest BCUT2D eigenvalue weighted by Crippen LogP contribution is -3.00. The molecule has 0 radical (unpaired) electrons. The van der Waals surface area contributed by atoms with E-state index < -0.39 is 5.97 Å². The fourth-order valence-electron chi connectivity index (χ4n) is 0.865. The zero-order valence-corrected chi connectivity index (χ0v) is 9.48. The number of halogens is 1. The van der Waals surface area contributed by atoms with E-state index in [1.165, 1.54) is 18.0 Å². The molecular formula is C8H10BrNO2S. The van der Waals surface area contributed by atoms with Crippen molar-refractivity contribution in [3.05, 3.63) is 24.0 Å². The van der Waals surface area contributed by atoms with Crippen molar-refractivity contribution in [2.75, 3.05) is 5.75 Å². The topological polar surface area (TPSA) is 51.4 Å². The Morgan fingerprint density at radius 2 is 2.38 bits per heavy atom. The first kappa shape index (κ1) is 12.4. The molecule has 0 saturated carbocycles. The number of aromatic amines is 1. The summed E-state index contributed by atoms with van der Waals surface area (Å²) in [6.07, 6.45) is 3.23. The Bertz CT molecular complexity index is 293. The first-order chi connectivity index (χ1) is 5.75. The van der Waals surface area contributed by atoms with Gasteiger partial charge in [-0.1, -0.05) is 6.92 Å². The Morgan fingerprint density at radius 1 is 1.69 bits per heavy atom. The molecular weight excluding hydrogens is 254 g/mol. The highest BCUT2D eigenvalue weighted by atomic mass is 79.9. The van der Waals surface area contributed by atoms with Crippen molar-refractivity contribution in [2.45, 2.75) is 11.8 Å². The van der Waals surface area contributed by atoms with Gasteiger partial charge in [0.15, 0.2) is 12.4 Å². The second-order valence-corrected chi connectivity index (χ2v) is 3.47. The predicted octanol–water partition coefficient (Wildman–Crippen LogP) is -1.69. The first-order valence-electron chi connectivity index (χ1n) is 3.62. The van der Waals surface area contributed by atoms with Crippen LogP contribution in [-0.4, -0.2) is 16.8 Å². The van der Waals surface area contributed by atoms with Gasteiger partial charge in [-0.2, -0.15) is 0 Å². The Kier molecular flexibility index (Phi) is 5.73. The highest BCUT2D eigenvalue weighted by molar-refractivity contribution is 7.99. The Morgan fingerprint density at radius 3 is 2.92 bits per heavy atom. The molecule has 0 saturated heterocycles. The van der Waals surface area contributed by atoms with Crippen LogP contribution in [0.4, 0.5) is 0 Å². The number of thioether (sulfide) groups is 1. The molecule has 0 aliphatic carbocycles. The summed E-state index contributed by atoms with van der Waals surface area (Å²) in [5.41, 5.74) is 0.337. The third-order valence-electron chi connectivity index (χ3n) is 1.35. The summed E-state index contributed by atoms with van der Waals surface area (Å²) in [7, 11) is 0. The minimum Gasteiger partial charge on any atom is -1.00 e. The van der Waals surface area contributed by atoms with Gasteiger partial charge < -0.3 is 22.1 Å². The standard InChI is InChI=1S/C8H9NO2S.BrH/c1-2-12-7-3-4-9-5-6(7)8(10)11;/h3-5H,2H2,1H3,(H,10,11);1H. The summed E-state index contributed by atoms with van der Waals surface area (Å²) in [5, 5.41) is 8.76. The number of aromatic carboxylic acids is 1. The number of pyridine rings is 1. The monoisotopic (exact) mass is 263 g/mol. The average molecular weight is 264 g/mol. The Labute approximate surface area is 91.3 Å². The highest BCUT2D eigenvalue weighted by Gasteiger charge is 2.11. The molecule has 0 aromatic carbocycles. The Balaban J connectivity index is 0.00000144. The van der Waals surface area contributed by atoms with Crippen molar-refractivity contribution in [3.63, 3.8) is 0 Å². The van der Waals surface area contributed by atoms with Crippen molar-refractivity contribution in [2.24, 2.45) is 0 Å². The van der Waals surface area contributed by atoms with Crippen molar-refractivity contribution >= 4 is 17.7 Å². The number of hydrogen-bond donors (Lipinski definition) is 1. The molecule has 2 N–H and O–H groups in total. The number of carboxylic acids is 1. The van der Waals surface area contributed by atoms with Gasteiger partial charge in [0.2, 0.25) is 0 Å². The van der Waals surface area contributed by atoms with Crippen LogP contribution < -0.4 is 22.0 Å². The van der Waals surface area contributed by atoms with Crippen LogP contribution in [0.15, 0.2) is 23.4 Å². The molecule has 1 aromatic heterocycles. The maximum Gasteiger partial charge on any atom is 0.342 e. The van der Waals surface area contributed by atoms with Crippen molar-refractivity contribution in [1.29, 1.82) is 0 Å². The van der Waals surface area contributed by atoms with Gasteiger partial charge in [0, 0.05) is 11.0 Å². The van der Waals surface area contributed by atoms with Crippen LogP contribution in [-0.2, 0) is 0 Å². The molecule has 0 aliphatic heterocycles. The van der Waals surface area contributed by atoms with Gasteiger partial charge in [0.05, 0.1) is 0 Å². The van der Waals surface area contributed by atoms with Gasteiger partial charge in [-0.15, -0.1) is 11.8 Å².